The smallest absolute Gasteiger partial charge is 0.409 e. The Morgan fingerprint density at radius 1 is 1.33 bits per heavy atom. The number of carbonyl (C=O) groups is 1. The molecular weight excluding hydrogens is 322 g/mol. The van der Waals surface area contributed by atoms with E-state index in [1.807, 2.05) is 31.4 Å². The van der Waals surface area contributed by atoms with Crippen LogP contribution in [0.3, 0.4) is 0 Å². The van der Waals surface area contributed by atoms with Gasteiger partial charge in [0.2, 0.25) is 0 Å². The molecule has 128 valence electrons. The maximum absolute atomic E-state index is 10.8. The highest BCUT2D eigenvalue weighted by Crippen LogP contribution is 2.38. The zero-order chi connectivity index (χ0) is 16.9. The Labute approximate surface area is 146 Å². The summed E-state index contributed by atoms with van der Waals surface area (Å²) >= 11 is 1.78. The van der Waals surface area contributed by atoms with E-state index in [0.717, 1.165) is 16.0 Å². The average Bonchev–Trinajstić information content (AvgIpc) is 3.05. The lowest BCUT2D eigenvalue weighted by atomic mass is 9.90. The molecule has 1 amide bonds. The van der Waals surface area contributed by atoms with Gasteiger partial charge in [0.1, 0.15) is 0 Å². The first-order valence-corrected chi connectivity index (χ1v) is 9.22. The number of rotatable bonds is 5. The lowest BCUT2D eigenvalue weighted by Gasteiger charge is -2.18. The zero-order valence-electron chi connectivity index (χ0n) is 13.8. The van der Waals surface area contributed by atoms with Crippen molar-refractivity contribution in [3.8, 4) is 10.4 Å². The van der Waals surface area contributed by atoms with Crippen molar-refractivity contribution in [3.63, 3.8) is 0 Å². The Hall–Kier alpha value is -1.92. The number of nitrogens with one attached hydrogen (secondary N) is 2. The normalized spacial score (nSPS) is 15.4. The highest BCUT2D eigenvalue weighted by molar-refractivity contribution is 7.15. The molecule has 1 aliphatic rings. The van der Waals surface area contributed by atoms with Crippen LogP contribution in [0, 0.1) is 0 Å². The second kappa shape index (κ2) is 7.77. The number of amides is 1. The minimum atomic E-state index is -1.05. The van der Waals surface area contributed by atoms with E-state index in [1.165, 1.54) is 37.1 Å². The van der Waals surface area contributed by atoms with E-state index in [1.54, 1.807) is 11.3 Å². The van der Waals surface area contributed by atoms with Crippen LogP contribution in [0.5, 0.6) is 0 Å². The van der Waals surface area contributed by atoms with Gasteiger partial charge in [-0.3, -0.25) is 5.32 Å². The fourth-order valence-electron chi connectivity index (χ4n) is 3.32. The van der Waals surface area contributed by atoms with E-state index in [0.29, 0.717) is 18.2 Å². The van der Waals surface area contributed by atoms with Crippen molar-refractivity contribution in [2.75, 3.05) is 12.4 Å². The van der Waals surface area contributed by atoms with Crippen LogP contribution in [0.1, 0.15) is 48.6 Å². The Morgan fingerprint density at radius 3 is 2.83 bits per heavy atom. The number of aromatic nitrogens is 1. The van der Waals surface area contributed by atoms with Gasteiger partial charge in [0, 0.05) is 24.3 Å². The average molecular weight is 345 g/mol. The molecule has 0 bridgehead atoms. The van der Waals surface area contributed by atoms with Crippen molar-refractivity contribution in [1.82, 2.24) is 10.3 Å². The molecule has 0 unspecified atom stereocenters. The summed E-state index contributed by atoms with van der Waals surface area (Å²) in [7, 11) is 1.89. The van der Waals surface area contributed by atoms with Crippen LogP contribution >= 0.6 is 11.3 Å². The molecule has 0 saturated heterocycles. The number of hydrogen-bond acceptors (Lipinski definition) is 4. The number of benzene rings is 1. The monoisotopic (exact) mass is 345 g/mol. The van der Waals surface area contributed by atoms with Crippen LogP contribution in [-0.4, -0.2) is 23.2 Å². The van der Waals surface area contributed by atoms with Crippen LogP contribution in [0.25, 0.3) is 10.4 Å². The molecule has 0 atom stereocenters. The molecule has 3 rings (SSSR count). The molecule has 1 aromatic carbocycles. The summed E-state index contributed by atoms with van der Waals surface area (Å²) in [4.78, 5) is 16.7. The van der Waals surface area contributed by atoms with Gasteiger partial charge in [-0.25, -0.2) is 9.78 Å². The molecule has 1 aliphatic carbocycles. The van der Waals surface area contributed by atoms with Gasteiger partial charge in [-0.15, -0.1) is 11.3 Å². The van der Waals surface area contributed by atoms with E-state index < -0.39 is 6.09 Å². The Bertz CT molecular complexity index is 708. The predicted molar refractivity (Wildman–Crippen MR) is 97.8 cm³/mol. The molecule has 1 aromatic heterocycles. The van der Waals surface area contributed by atoms with Crippen LogP contribution in [0.4, 0.5) is 10.5 Å². The van der Waals surface area contributed by atoms with E-state index in [2.05, 4.69) is 15.6 Å². The summed E-state index contributed by atoms with van der Waals surface area (Å²) in [6, 6.07) is 5.68. The quantitative estimate of drug-likeness (QED) is 0.736. The Morgan fingerprint density at radius 2 is 2.12 bits per heavy atom. The van der Waals surface area contributed by atoms with E-state index in [9.17, 15) is 4.79 Å². The zero-order valence-corrected chi connectivity index (χ0v) is 14.7. The second-order valence-electron chi connectivity index (χ2n) is 6.23. The van der Waals surface area contributed by atoms with Gasteiger partial charge in [-0.1, -0.05) is 25.3 Å². The molecule has 24 heavy (non-hydrogen) atoms. The molecular formula is C18H23N3O2S. The number of nitrogens with zero attached hydrogens (tertiary/aromatic N) is 1. The third kappa shape index (κ3) is 3.94. The van der Waals surface area contributed by atoms with Gasteiger partial charge >= 0.3 is 6.09 Å². The minimum absolute atomic E-state index is 0.591. The summed E-state index contributed by atoms with van der Waals surface area (Å²) in [5.41, 5.74) is 2.79. The van der Waals surface area contributed by atoms with Gasteiger partial charge in [-0.2, -0.15) is 0 Å². The first-order chi connectivity index (χ1) is 11.7. The molecule has 1 fully saturated rings. The fraction of sp³-hybridized carbons (Fsp3) is 0.444. The SMILES string of the molecule is CNCc1cc(NC(=O)O)ccc1-c1cnc(C2CCCCC2)s1. The number of carboxylic acid groups (broad SMARTS) is 1. The topological polar surface area (TPSA) is 74.2 Å². The third-order valence-electron chi connectivity index (χ3n) is 4.47. The molecule has 0 radical (unpaired) electrons. The number of hydrogen-bond donors (Lipinski definition) is 3. The molecule has 0 aliphatic heterocycles. The highest BCUT2D eigenvalue weighted by atomic mass is 32.1. The van der Waals surface area contributed by atoms with Crippen molar-refractivity contribution < 1.29 is 9.90 Å². The van der Waals surface area contributed by atoms with Crippen LogP contribution < -0.4 is 10.6 Å². The van der Waals surface area contributed by atoms with Gasteiger partial charge in [0.25, 0.3) is 0 Å². The molecule has 0 spiro atoms. The van der Waals surface area contributed by atoms with Gasteiger partial charge in [-0.05, 0) is 43.1 Å². The van der Waals surface area contributed by atoms with Gasteiger partial charge in [0.05, 0.1) is 9.88 Å². The Balaban J connectivity index is 1.87. The summed E-state index contributed by atoms with van der Waals surface area (Å²) in [6.07, 6.45) is 7.37. The largest absolute Gasteiger partial charge is 0.465 e. The van der Waals surface area contributed by atoms with Crippen molar-refractivity contribution in [3.05, 3.63) is 35.0 Å². The molecule has 1 heterocycles. The van der Waals surface area contributed by atoms with E-state index in [4.69, 9.17) is 5.11 Å². The molecule has 2 aromatic rings. The van der Waals surface area contributed by atoms with Crippen LogP contribution in [0.15, 0.2) is 24.4 Å². The van der Waals surface area contributed by atoms with Crippen molar-refractivity contribution in [2.45, 2.75) is 44.6 Å². The lowest BCUT2D eigenvalue weighted by Crippen LogP contribution is -2.10. The molecule has 6 heteroatoms. The molecule has 5 nitrogen and oxygen atoms in total. The van der Waals surface area contributed by atoms with Gasteiger partial charge < -0.3 is 10.4 Å². The first-order valence-electron chi connectivity index (χ1n) is 8.41. The highest BCUT2D eigenvalue weighted by Gasteiger charge is 2.19. The van der Waals surface area contributed by atoms with Crippen LogP contribution in [0.2, 0.25) is 0 Å². The summed E-state index contributed by atoms with van der Waals surface area (Å²) in [6.45, 7) is 0.682. The van der Waals surface area contributed by atoms with Gasteiger partial charge in [0.15, 0.2) is 0 Å². The standard InChI is InChI=1S/C18H23N3O2S/c1-19-10-13-9-14(21-18(22)23)7-8-15(13)16-11-20-17(24-16)12-5-3-2-4-6-12/h7-9,11-12,19,21H,2-6,10H2,1H3,(H,22,23). The first kappa shape index (κ1) is 16.9. The van der Waals surface area contributed by atoms with Crippen molar-refractivity contribution in [1.29, 1.82) is 0 Å². The lowest BCUT2D eigenvalue weighted by molar-refractivity contribution is 0.210. The van der Waals surface area contributed by atoms with Crippen molar-refractivity contribution in [2.24, 2.45) is 0 Å². The summed E-state index contributed by atoms with van der Waals surface area (Å²) in [5.74, 6) is 0.609. The molecule has 1 saturated carbocycles. The minimum Gasteiger partial charge on any atom is -0.465 e. The summed E-state index contributed by atoms with van der Waals surface area (Å²) < 4.78 is 0. The fourth-order valence-corrected chi connectivity index (χ4v) is 4.47. The van der Waals surface area contributed by atoms with Crippen LogP contribution in [-0.2, 0) is 6.54 Å². The maximum atomic E-state index is 10.8. The number of thiazole rings is 1. The second-order valence-corrected chi connectivity index (χ2v) is 7.29. The van der Waals surface area contributed by atoms with E-state index in [-0.39, 0.29) is 0 Å². The summed E-state index contributed by atoms with van der Waals surface area (Å²) in [5, 5.41) is 15.7. The number of anilines is 1. The van der Waals surface area contributed by atoms with E-state index >= 15 is 0 Å². The molecule has 3 N–H and O–H groups in total. The maximum Gasteiger partial charge on any atom is 0.409 e. The third-order valence-corrected chi connectivity index (χ3v) is 5.66. The Kier molecular flexibility index (Phi) is 5.48. The predicted octanol–water partition coefficient (Wildman–Crippen LogP) is 4.67. The van der Waals surface area contributed by atoms with Crippen molar-refractivity contribution >= 4 is 23.1 Å².